The van der Waals surface area contributed by atoms with E-state index in [2.05, 4.69) is 4.90 Å². The molecule has 1 amide bonds. The number of hydrogen-bond acceptors (Lipinski definition) is 5. The van der Waals surface area contributed by atoms with Crippen LogP contribution in [-0.2, 0) is 21.4 Å². The van der Waals surface area contributed by atoms with Crippen molar-refractivity contribution < 1.29 is 13.2 Å². The first-order valence-corrected chi connectivity index (χ1v) is 12.9. The number of piperazine rings is 1. The molecule has 30 heavy (non-hydrogen) atoms. The number of thiophene rings is 1. The fourth-order valence-electron chi connectivity index (χ4n) is 4.16. The fraction of sp³-hybridized carbons (Fsp3) is 0.476. The molecule has 2 fully saturated rings. The topological polar surface area (TPSA) is 60.9 Å². The Morgan fingerprint density at radius 1 is 1.00 bits per heavy atom. The number of halogens is 1. The summed E-state index contributed by atoms with van der Waals surface area (Å²) in [7, 11) is -3.68. The summed E-state index contributed by atoms with van der Waals surface area (Å²) >= 11 is 7.60. The quantitative estimate of drug-likeness (QED) is 0.677. The van der Waals surface area contributed by atoms with Crippen molar-refractivity contribution in [2.24, 2.45) is 0 Å². The zero-order chi connectivity index (χ0) is 21.1. The largest absolute Gasteiger partial charge is 0.339 e. The molecule has 6 nitrogen and oxygen atoms in total. The Morgan fingerprint density at radius 3 is 2.40 bits per heavy atom. The fourth-order valence-corrected chi connectivity index (χ4v) is 6.96. The second-order valence-corrected chi connectivity index (χ2v) is 11.4. The van der Waals surface area contributed by atoms with E-state index >= 15 is 0 Å². The SMILES string of the molecule is O=C(C1CCCCN1S(=O)(=O)c1ccccc1)N1CCN(Cc2ccc(Cl)s2)CC1. The number of piperidine rings is 1. The molecule has 0 saturated carbocycles. The normalized spacial score (nSPS) is 21.6. The van der Waals surface area contributed by atoms with Crippen molar-refractivity contribution in [3.8, 4) is 0 Å². The molecule has 162 valence electrons. The van der Waals surface area contributed by atoms with Gasteiger partial charge in [0.05, 0.1) is 9.23 Å². The lowest BCUT2D eigenvalue weighted by Gasteiger charge is -2.40. The van der Waals surface area contributed by atoms with E-state index in [0.29, 0.717) is 26.1 Å². The van der Waals surface area contributed by atoms with E-state index in [1.807, 2.05) is 17.0 Å². The van der Waals surface area contributed by atoms with Crippen LogP contribution in [0.15, 0.2) is 47.4 Å². The predicted molar refractivity (Wildman–Crippen MR) is 119 cm³/mol. The molecule has 1 atom stereocenters. The lowest BCUT2D eigenvalue weighted by Crippen LogP contribution is -2.56. The van der Waals surface area contributed by atoms with Gasteiger partial charge in [0.25, 0.3) is 0 Å². The van der Waals surface area contributed by atoms with Gasteiger partial charge in [0.2, 0.25) is 15.9 Å². The number of carbonyl (C=O) groups excluding carboxylic acids is 1. The van der Waals surface area contributed by atoms with Crippen LogP contribution in [0, 0.1) is 0 Å². The first kappa shape index (κ1) is 21.8. The van der Waals surface area contributed by atoms with Gasteiger partial charge in [-0.25, -0.2) is 8.42 Å². The van der Waals surface area contributed by atoms with E-state index in [0.717, 1.165) is 36.8 Å². The van der Waals surface area contributed by atoms with Crippen molar-refractivity contribution in [2.45, 2.75) is 36.7 Å². The lowest BCUT2D eigenvalue weighted by molar-refractivity contribution is -0.138. The summed E-state index contributed by atoms with van der Waals surface area (Å²) in [5.74, 6) is -0.0620. The van der Waals surface area contributed by atoms with Crippen LogP contribution in [0.25, 0.3) is 0 Å². The highest BCUT2D eigenvalue weighted by Gasteiger charge is 2.39. The van der Waals surface area contributed by atoms with E-state index in [1.165, 1.54) is 9.18 Å². The number of amides is 1. The van der Waals surface area contributed by atoms with Crippen molar-refractivity contribution >= 4 is 38.9 Å². The first-order chi connectivity index (χ1) is 14.4. The third-order valence-electron chi connectivity index (χ3n) is 5.78. The van der Waals surface area contributed by atoms with Crippen LogP contribution in [0.5, 0.6) is 0 Å². The zero-order valence-corrected chi connectivity index (χ0v) is 19.1. The lowest BCUT2D eigenvalue weighted by atomic mass is 10.0. The Labute approximate surface area is 187 Å². The van der Waals surface area contributed by atoms with Crippen LogP contribution in [0.3, 0.4) is 0 Å². The third-order valence-corrected chi connectivity index (χ3v) is 8.92. The number of benzene rings is 1. The monoisotopic (exact) mass is 467 g/mol. The highest BCUT2D eigenvalue weighted by Crippen LogP contribution is 2.27. The molecule has 0 radical (unpaired) electrons. The molecule has 2 saturated heterocycles. The summed E-state index contributed by atoms with van der Waals surface area (Å²) in [4.78, 5) is 18.9. The predicted octanol–water partition coefficient (Wildman–Crippen LogP) is 3.29. The van der Waals surface area contributed by atoms with Gasteiger partial charge in [0, 0.05) is 44.1 Å². The van der Waals surface area contributed by atoms with Crippen LogP contribution >= 0.6 is 22.9 Å². The molecule has 2 aliphatic rings. The molecular weight excluding hydrogens is 442 g/mol. The van der Waals surface area contributed by atoms with Crippen LogP contribution < -0.4 is 0 Å². The smallest absolute Gasteiger partial charge is 0.243 e. The standard InChI is InChI=1S/C21H26ClN3O3S2/c22-20-10-9-17(29-20)16-23-12-14-24(15-13-23)21(26)19-8-4-5-11-25(19)30(27,28)18-6-2-1-3-7-18/h1-3,6-7,9-10,19H,4-5,8,11-16H2. The first-order valence-electron chi connectivity index (χ1n) is 10.3. The maximum Gasteiger partial charge on any atom is 0.243 e. The van der Waals surface area contributed by atoms with E-state index in [-0.39, 0.29) is 10.8 Å². The summed E-state index contributed by atoms with van der Waals surface area (Å²) in [6, 6.07) is 11.8. The molecule has 1 aromatic heterocycles. The molecule has 0 N–H and O–H groups in total. The number of rotatable bonds is 5. The van der Waals surface area contributed by atoms with E-state index in [9.17, 15) is 13.2 Å². The van der Waals surface area contributed by atoms with E-state index in [4.69, 9.17) is 11.6 Å². The van der Waals surface area contributed by atoms with Gasteiger partial charge in [0.15, 0.2) is 0 Å². The molecule has 0 aliphatic carbocycles. The van der Waals surface area contributed by atoms with E-state index in [1.54, 1.807) is 41.7 Å². The zero-order valence-electron chi connectivity index (χ0n) is 16.7. The molecule has 9 heteroatoms. The maximum atomic E-state index is 13.3. The molecule has 2 aromatic rings. The number of hydrogen-bond donors (Lipinski definition) is 0. The van der Waals surface area contributed by atoms with Crippen LogP contribution in [-0.4, -0.2) is 67.2 Å². The maximum absolute atomic E-state index is 13.3. The van der Waals surface area contributed by atoms with Gasteiger partial charge >= 0.3 is 0 Å². The molecule has 0 spiro atoms. The highest BCUT2D eigenvalue weighted by molar-refractivity contribution is 7.89. The van der Waals surface area contributed by atoms with E-state index < -0.39 is 16.1 Å². The summed E-state index contributed by atoms with van der Waals surface area (Å²) in [5, 5.41) is 0. The minimum absolute atomic E-state index is 0.0620. The number of carbonyl (C=O) groups is 1. The molecule has 2 aliphatic heterocycles. The van der Waals surface area contributed by atoms with Crippen molar-refractivity contribution in [2.75, 3.05) is 32.7 Å². The van der Waals surface area contributed by atoms with Gasteiger partial charge in [-0.3, -0.25) is 9.69 Å². The van der Waals surface area contributed by atoms with Crippen LogP contribution in [0.1, 0.15) is 24.1 Å². The minimum Gasteiger partial charge on any atom is -0.339 e. The number of nitrogens with zero attached hydrogens (tertiary/aromatic N) is 3. The Bertz CT molecular complexity index is 972. The third kappa shape index (κ3) is 4.73. The number of sulfonamides is 1. The molecule has 1 aromatic carbocycles. The summed E-state index contributed by atoms with van der Waals surface area (Å²) in [5.41, 5.74) is 0. The highest BCUT2D eigenvalue weighted by atomic mass is 35.5. The Hall–Kier alpha value is -1.45. The van der Waals surface area contributed by atoms with Crippen molar-refractivity contribution in [3.05, 3.63) is 51.7 Å². The van der Waals surface area contributed by atoms with Crippen LogP contribution in [0.2, 0.25) is 4.34 Å². The van der Waals surface area contributed by atoms with Gasteiger partial charge in [-0.05, 0) is 37.1 Å². The van der Waals surface area contributed by atoms with Crippen molar-refractivity contribution in [1.29, 1.82) is 0 Å². The summed E-state index contributed by atoms with van der Waals surface area (Å²) < 4.78 is 28.6. The van der Waals surface area contributed by atoms with Gasteiger partial charge in [0.1, 0.15) is 6.04 Å². The van der Waals surface area contributed by atoms with Crippen molar-refractivity contribution in [3.63, 3.8) is 0 Å². The Balaban J connectivity index is 1.42. The van der Waals surface area contributed by atoms with Gasteiger partial charge in [-0.1, -0.05) is 36.2 Å². The molecule has 3 heterocycles. The molecule has 4 rings (SSSR count). The summed E-state index contributed by atoms with van der Waals surface area (Å²) in [6.45, 7) is 4.02. The van der Waals surface area contributed by atoms with Gasteiger partial charge in [-0.2, -0.15) is 4.31 Å². The Morgan fingerprint density at radius 2 is 1.73 bits per heavy atom. The van der Waals surface area contributed by atoms with Crippen molar-refractivity contribution in [1.82, 2.24) is 14.1 Å². The second-order valence-electron chi connectivity index (χ2n) is 7.75. The van der Waals surface area contributed by atoms with Gasteiger partial charge in [-0.15, -0.1) is 11.3 Å². The Kier molecular flexibility index (Phi) is 6.79. The minimum atomic E-state index is -3.68. The second kappa shape index (κ2) is 9.36. The average molecular weight is 468 g/mol. The average Bonchev–Trinajstić information content (AvgIpc) is 3.19. The molecule has 1 unspecified atom stereocenters. The van der Waals surface area contributed by atoms with Gasteiger partial charge < -0.3 is 4.90 Å². The molecular formula is C21H26ClN3O3S2. The summed E-state index contributed by atoms with van der Waals surface area (Å²) in [6.07, 6.45) is 2.24. The van der Waals surface area contributed by atoms with Crippen LogP contribution in [0.4, 0.5) is 0 Å². The molecule has 0 bridgehead atoms.